The Labute approximate surface area is 150 Å². The zero-order chi connectivity index (χ0) is 18.1. The molecule has 128 valence electrons. The van der Waals surface area contributed by atoms with E-state index in [1.54, 1.807) is 13.1 Å². The Hall–Kier alpha value is -3.47. The fourth-order valence-corrected chi connectivity index (χ4v) is 2.93. The third-order valence-corrected chi connectivity index (χ3v) is 4.31. The van der Waals surface area contributed by atoms with Crippen molar-refractivity contribution < 1.29 is 9.32 Å². The molecule has 2 heterocycles. The molecule has 0 aliphatic carbocycles. The molecule has 0 radical (unpaired) electrons. The second kappa shape index (κ2) is 6.44. The highest BCUT2D eigenvalue weighted by atomic mass is 16.5. The average Bonchev–Trinajstić information content (AvgIpc) is 3.12. The van der Waals surface area contributed by atoms with Gasteiger partial charge in [0.15, 0.2) is 0 Å². The van der Waals surface area contributed by atoms with E-state index < -0.39 is 0 Å². The Kier molecular flexibility index (Phi) is 3.97. The van der Waals surface area contributed by atoms with Gasteiger partial charge in [0.2, 0.25) is 0 Å². The molecule has 1 amide bonds. The quantitative estimate of drug-likeness (QED) is 0.604. The molecule has 0 bridgehead atoms. The lowest BCUT2D eigenvalue weighted by Crippen LogP contribution is -2.18. The van der Waals surface area contributed by atoms with Gasteiger partial charge in [-0.05, 0) is 13.0 Å². The molecule has 2 aromatic heterocycles. The average molecular weight is 343 g/mol. The first kappa shape index (κ1) is 16.0. The van der Waals surface area contributed by atoms with Gasteiger partial charge in [0, 0.05) is 18.2 Å². The summed E-state index contributed by atoms with van der Waals surface area (Å²) in [5, 5.41) is 7.50. The lowest BCUT2D eigenvalue weighted by atomic mass is 10.0. The minimum absolute atomic E-state index is 0.203. The van der Waals surface area contributed by atoms with Crippen molar-refractivity contribution in [1.82, 2.24) is 15.5 Å². The van der Waals surface area contributed by atoms with E-state index in [1.807, 2.05) is 61.5 Å². The number of carbonyl (C=O) groups is 1. The maximum Gasteiger partial charge on any atom is 0.259 e. The molecule has 5 heteroatoms. The summed E-state index contributed by atoms with van der Waals surface area (Å²) in [6, 6.07) is 19.4. The molecule has 2 aromatic carbocycles. The molecule has 0 atom stereocenters. The standard InChI is InChI=1S/C21H17N3O2/c1-13-8-10-15(11-9-13)19-18-16(20(25)22-2)12-17(23-21(18)26-24-19)14-6-4-3-5-7-14/h3-12H,1-2H3,(H,22,25). The van der Waals surface area contributed by atoms with E-state index in [1.165, 1.54) is 0 Å². The fraction of sp³-hybridized carbons (Fsp3) is 0.0952. The highest BCUT2D eigenvalue weighted by Gasteiger charge is 2.21. The summed E-state index contributed by atoms with van der Waals surface area (Å²) in [6.07, 6.45) is 0. The van der Waals surface area contributed by atoms with Crippen LogP contribution in [0.4, 0.5) is 0 Å². The van der Waals surface area contributed by atoms with E-state index in [2.05, 4.69) is 15.5 Å². The molecular formula is C21H17N3O2. The molecule has 0 aliphatic rings. The molecule has 1 N–H and O–H groups in total. The number of amides is 1. The number of carbonyl (C=O) groups excluding carboxylic acids is 1. The lowest BCUT2D eigenvalue weighted by Gasteiger charge is -2.07. The zero-order valence-corrected chi connectivity index (χ0v) is 14.5. The van der Waals surface area contributed by atoms with Crippen LogP contribution in [-0.2, 0) is 0 Å². The van der Waals surface area contributed by atoms with Gasteiger partial charge in [0.25, 0.3) is 11.6 Å². The SMILES string of the molecule is CNC(=O)c1cc(-c2ccccc2)nc2onc(-c3ccc(C)cc3)c12. The van der Waals surface area contributed by atoms with Gasteiger partial charge in [-0.15, -0.1) is 0 Å². The van der Waals surface area contributed by atoms with Crippen LogP contribution in [0, 0.1) is 6.92 Å². The van der Waals surface area contributed by atoms with Crippen LogP contribution in [0.3, 0.4) is 0 Å². The molecule has 4 aromatic rings. The Morgan fingerprint density at radius 2 is 1.73 bits per heavy atom. The number of hydrogen-bond donors (Lipinski definition) is 1. The van der Waals surface area contributed by atoms with Crippen molar-refractivity contribution in [2.45, 2.75) is 6.92 Å². The third kappa shape index (κ3) is 2.73. The van der Waals surface area contributed by atoms with Crippen LogP contribution in [0.2, 0.25) is 0 Å². The summed E-state index contributed by atoms with van der Waals surface area (Å²) in [5.74, 6) is -0.203. The summed E-state index contributed by atoms with van der Waals surface area (Å²) < 4.78 is 5.49. The van der Waals surface area contributed by atoms with E-state index in [0.29, 0.717) is 28.1 Å². The number of aryl methyl sites for hydroxylation is 1. The Morgan fingerprint density at radius 1 is 1.00 bits per heavy atom. The van der Waals surface area contributed by atoms with E-state index in [4.69, 9.17) is 4.52 Å². The summed E-state index contributed by atoms with van der Waals surface area (Å²) in [7, 11) is 1.61. The first-order chi connectivity index (χ1) is 12.7. The number of nitrogens with zero attached hydrogens (tertiary/aromatic N) is 2. The molecule has 0 fully saturated rings. The monoisotopic (exact) mass is 343 g/mol. The van der Waals surface area contributed by atoms with Crippen molar-refractivity contribution in [2.75, 3.05) is 7.05 Å². The molecule has 0 saturated heterocycles. The smallest absolute Gasteiger partial charge is 0.259 e. The zero-order valence-electron chi connectivity index (χ0n) is 14.5. The largest absolute Gasteiger partial charge is 0.355 e. The van der Waals surface area contributed by atoms with Crippen LogP contribution in [0.15, 0.2) is 65.2 Å². The van der Waals surface area contributed by atoms with Crippen LogP contribution in [0.5, 0.6) is 0 Å². The van der Waals surface area contributed by atoms with Gasteiger partial charge < -0.3 is 9.84 Å². The highest BCUT2D eigenvalue weighted by molar-refractivity contribution is 6.10. The summed E-state index contributed by atoms with van der Waals surface area (Å²) in [5.41, 5.74) is 5.07. The summed E-state index contributed by atoms with van der Waals surface area (Å²) in [6.45, 7) is 2.02. The molecule has 26 heavy (non-hydrogen) atoms. The van der Waals surface area contributed by atoms with Crippen LogP contribution in [0.25, 0.3) is 33.6 Å². The maximum atomic E-state index is 12.5. The molecule has 0 saturated carbocycles. The van der Waals surface area contributed by atoms with Crippen LogP contribution in [-0.4, -0.2) is 23.1 Å². The first-order valence-corrected chi connectivity index (χ1v) is 8.32. The highest BCUT2D eigenvalue weighted by Crippen LogP contribution is 2.32. The van der Waals surface area contributed by atoms with Gasteiger partial charge in [-0.25, -0.2) is 4.98 Å². The van der Waals surface area contributed by atoms with Gasteiger partial charge in [-0.2, -0.15) is 0 Å². The molecule has 5 nitrogen and oxygen atoms in total. The number of fused-ring (bicyclic) bond motifs is 1. The van der Waals surface area contributed by atoms with E-state index in [-0.39, 0.29) is 5.91 Å². The second-order valence-electron chi connectivity index (χ2n) is 6.08. The molecule has 0 spiro atoms. The van der Waals surface area contributed by atoms with Crippen LogP contribution in [0.1, 0.15) is 15.9 Å². The summed E-state index contributed by atoms with van der Waals surface area (Å²) >= 11 is 0. The predicted octanol–water partition coefficient (Wildman–Crippen LogP) is 4.22. The molecular weight excluding hydrogens is 326 g/mol. The van der Waals surface area contributed by atoms with Gasteiger partial charge in [-0.1, -0.05) is 65.3 Å². The fourth-order valence-electron chi connectivity index (χ4n) is 2.93. The molecule has 0 aliphatic heterocycles. The third-order valence-electron chi connectivity index (χ3n) is 4.31. The van der Waals surface area contributed by atoms with E-state index >= 15 is 0 Å². The van der Waals surface area contributed by atoms with Gasteiger partial charge in [0.1, 0.15) is 5.69 Å². The van der Waals surface area contributed by atoms with Crippen molar-refractivity contribution in [2.24, 2.45) is 0 Å². The van der Waals surface area contributed by atoms with E-state index in [9.17, 15) is 4.79 Å². The number of pyridine rings is 1. The van der Waals surface area contributed by atoms with Crippen LogP contribution < -0.4 is 5.32 Å². The lowest BCUT2D eigenvalue weighted by molar-refractivity contribution is 0.0964. The topological polar surface area (TPSA) is 68.0 Å². The van der Waals surface area contributed by atoms with Gasteiger partial charge >= 0.3 is 0 Å². The Bertz CT molecular complexity index is 1080. The first-order valence-electron chi connectivity index (χ1n) is 8.32. The van der Waals surface area contributed by atoms with Crippen molar-refractivity contribution in [3.63, 3.8) is 0 Å². The molecule has 4 rings (SSSR count). The maximum absolute atomic E-state index is 12.5. The number of nitrogens with one attached hydrogen (secondary N) is 1. The van der Waals surface area contributed by atoms with Crippen molar-refractivity contribution in [3.8, 4) is 22.5 Å². The minimum Gasteiger partial charge on any atom is -0.355 e. The van der Waals surface area contributed by atoms with Crippen molar-refractivity contribution >= 4 is 17.0 Å². The number of benzene rings is 2. The van der Waals surface area contributed by atoms with Crippen LogP contribution >= 0.6 is 0 Å². The summed E-state index contributed by atoms with van der Waals surface area (Å²) in [4.78, 5) is 17.1. The van der Waals surface area contributed by atoms with Gasteiger partial charge in [0.05, 0.1) is 16.6 Å². The Balaban J connectivity index is 1.97. The van der Waals surface area contributed by atoms with Crippen molar-refractivity contribution in [3.05, 3.63) is 71.8 Å². The van der Waals surface area contributed by atoms with Gasteiger partial charge in [-0.3, -0.25) is 4.79 Å². The normalized spacial score (nSPS) is 10.8. The van der Waals surface area contributed by atoms with Crippen molar-refractivity contribution in [1.29, 1.82) is 0 Å². The number of rotatable bonds is 3. The second-order valence-corrected chi connectivity index (χ2v) is 6.08. The van der Waals surface area contributed by atoms with E-state index in [0.717, 1.165) is 16.7 Å². The predicted molar refractivity (Wildman–Crippen MR) is 101 cm³/mol. The minimum atomic E-state index is -0.203. The number of hydrogen-bond acceptors (Lipinski definition) is 4. The Morgan fingerprint density at radius 3 is 2.42 bits per heavy atom. The number of aromatic nitrogens is 2. The molecule has 0 unspecified atom stereocenters.